The molecule has 2 aromatic heterocycles. The lowest BCUT2D eigenvalue weighted by Gasteiger charge is -2.07. The number of carbonyl (C=O) groups excluding carboxylic acids is 1. The van der Waals surface area contributed by atoms with Gasteiger partial charge in [0, 0.05) is 11.9 Å². The minimum Gasteiger partial charge on any atom is -0.461 e. The van der Waals surface area contributed by atoms with Gasteiger partial charge in [-0.2, -0.15) is 0 Å². The van der Waals surface area contributed by atoms with E-state index in [1.54, 1.807) is 24.3 Å². The van der Waals surface area contributed by atoms with Crippen molar-refractivity contribution in [2.75, 3.05) is 0 Å². The third-order valence-corrected chi connectivity index (χ3v) is 3.04. The van der Waals surface area contributed by atoms with Crippen molar-refractivity contribution < 1.29 is 18.4 Å². The minimum atomic E-state index is -0.628. The van der Waals surface area contributed by atoms with E-state index in [2.05, 4.69) is 0 Å². The van der Waals surface area contributed by atoms with E-state index >= 15 is 0 Å². The molecule has 1 aromatic carbocycles. The van der Waals surface area contributed by atoms with Crippen LogP contribution in [0, 0.1) is 0 Å². The molecule has 3 rings (SSSR count). The van der Waals surface area contributed by atoms with Crippen molar-refractivity contribution >= 4 is 28.5 Å². The lowest BCUT2D eigenvalue weighted by atomic mass is 10.2. The summed E-state index contributed by atoms with van der Waals surface area (Å²) in [5, 5.41) is 0.614. The minimum absolute atomic E-state index is 0.0648. The van der Waals surface area contributed by atoms with Crippen molar-refractivity contribution in [1.29, 1.82) is 0 Å². The normalized spacial score (nSPS) is 10.8. The zero-order valence-electron chi connectivity index (χ0n) is 10.9. The summed E-state index contributed by atoms with van der Waals surface area (Å²) in [5.74, 6) is -0.487. The molecule has 106 valence electrons. The van der Waals surface area contributed by atoms with Crippen LogP contribution in [0.1, 0.15) is 6.92 Å². The number of halogens is 1. The Morgan fingerprint density at radius 1 is 1.29 bits per heavy atom. The van der Waals surface area contributed by atoms with Gasteiger partial charge in [-0.1, -0.05) is 11.6 Å². The van der Waals surface area contributed by atoms with Crippen LogP contribution in [0.5, 0.6) is 5.75 Å². The first-order valence-corrected chi connectivity index (χ1v) is 6.42. The molecule has 21 heavy (non-hydrogen) atoms. The maximum absolute atomic E-state index is 12.5. The molecule has 0 bridgehead atoms. The van der Waals surface area contributed by atoms with E-state index in [9.17, 15) is 9.59 Å². The molecule has 2 heterocycles. The number of fused-ring (bicyclic) bond motifs is 1. The number of carbonyl (C=O) groups is 1. The Kier molecular flexibility index (Phi) is 3.27. The van der Waals surface area contributed by atoms with Crippen molar-refractivity contribution in [1.82, 2.24) is 0 Å². The highest BCUT2D eigenvalue weighted by Gasteiger charge is 2.21. The molecule has 6 heteroatoms. The van der Waals surface area contributed by atoms with E-state index in [0.29, 0.717) is 16.4 Å². The molecule has 0 saturated carbocycles. The summed E-state index contributed by atoms with van der Waals surface area (Å²) < 4.78 is 15.9. The summed E-state index contributed by atoms with van der Waals surface area (Å²) in [4.78, 5) is 23.7. The first kappa shape index (κ1) is 13.5. The molecule has 0 fully saturated rings. The summed E-state index contributed by atoms with van der Waals surface area (Å²) in [5.41, 5.74) is -0.160. The average Bonchev–Trinajstić information content (AvgIpc) is 2.96. The molecule has 0 saturated heterocycles. The molecule has 3 aromatic rings. The maximum atomic E-state index is 12.5. The molecule has 0 aliphatic heterocycles. The van der Waals surface area contributed by atoms with Crippen LogP contribution in [0.2, 0.25) is 5.02 Å². The molecule has 0 atom stereocenters. The van der Waals surface area contributed by atoms with Crippen molar-refractivity contribution in [3.05, 3.63) is 51.8 Å². The lowest BCUT2D eigenvalue weighted by Crippen LogP contribution is -2.13. The molecular weight excluding hydrogens is 296 g/mol. The fraction of sp³-hybridized carbons (Fsp3) is 0.0667. The summed E-state index contributed by atoms with van der Waals surface area (Å²) >= 11 is 5.88. The van der Waals surface area contributed by atoms with Gasteiger partial charge in [-0.25, -0.2) is 0 Å². The fourth-order valence-corrected chi connectivity index (χ4v) is 2.13. The molecule has 0 amide bonds. The Morgan fingerprint density at radius 3 is 2.76 bits per heavy atom. The molecule has 0 N–H and O–H groups in total. The highest BCUT2D eigenvalue weighted by Crippen LogP contribution is 2.31. The highest BCUT2D eigenvalue weighted by molar-refractivity contribution is 6.31. The van der Waals surface area contributed by atoms with E-state index in [1.165, 1.54) is 19.3 Å². The Bertz CT molecular complexity index is 877. The van der Waals surface area contributed by atoms with Crippen LogP contribution in [0.15, 0.2) is 50.2 Å². The van der Waals surface area contributed by atoms with Crippen LogP contribution >= 0.6 is 11.6 Å². The van der Waals surface area contributed by atoms with Gasteiger partial charge in [0.05, 0.1) is 11.6 Å². The quantitative estimate of drug-likeness (QED) is 0.676. The standard InChI is InChI=1S/C15H9ClO5/c1-8(17)20-15-13(18)10-7-9(16)4-5-11(10)21-14(15)12-3-2-6-19-12/h2-7H,1H3. The second kappa shape index (κ2) is 5.10. The molecule has 0 radical (unpaired) electrons. The van der Waals surface area contributed by atoms with E-state index < -0.39 is 11.4 Å². The summed E-state index contributed by atoms with van der Waals surface area (Å²) in [7, 11) is 0. The molecule has 0 unspecified atom stereocenters. The summed E-state index contributed by atoms with van der Waals surface area (Å²) in [6.45, 7) is 1.20. The fourth-order valence-electron chi connectivity index (χ4n) is 1.96. The van der Waals surface area contributed by atoms with Crippen LogP contribution in [-0.2, 0) is 4.79 Å². The highest BCUT2D eigenvalue weighted by atomic mass is 35.5. The summed E-state index contributed by atoms with van der Waals surface area (Å²) in [6, 6.07) is 7.88. The Balaban J connectivity index is 2.37. The number of furan rings is 1. The molecule has 0 aliphatic rings. The molecule has 0 spiro atoms. The van der Waals surface area contributed by atoms with Crippen molar-refractivity contribution in [3.63, 3.8) is 0 Å². The smallest absolute Gasteiger partial charge is 0.308 e. The van der Waals surface area contributed by atoms with Gasteiger partial charge in [-0.15, -0.1) is 0 Å². The van der Waals surface area contributed by atoms with E-state index in [1.807, 2.05) is 0 Å². The Labute approximate surface area is 123 Å². The SMILES string of the molecule is CC(=O)Oc1c(-c2ccco2)oc2ccc(Cl)cc2c1=O. The van der Waals surface area contributed by atoms with Gasteiger partial charge in [0.2, 0.25) is 16.9 Å². The van der Waals surface area contributed by atoms with Crippen molar-refractivity contribution in [3.8, 4) is 17.3 Å². The third-order valence-electron chi connectivity index (χ3n) is 2.80. The van der Waals surface area contributed by atoms with Crippen LogP contribution in [0.4, 0.5) is 0 Å². The molecular formula is C15H9ClO5. The predicted octanol–water partition coefficient (Wildman–Crippen LogP) is 3.63. The van der Waals surface area contributed by atoms with Gasteiger partial charge < -0.3 is 13.6 Å². The monoisotopic (exact) mass is 304 g/mol. The maximum Gasteiger partial charge on any atom is 0.308 e. The molecule has 5 nitrogen and oxygen atoms in total. The van der Waals surface area contributed by atoms with E-state index in [4.69, 9.17) is 25.2 Å². The van der Waals surface area contributed by atoms with Crippen LogP contribution in [0.3, 0.4) is 0 Å². The predicted molar refractivity (Wildman–Crippen MR) is 76.5 cm³/mol. The van der Waals surface area contributed by atoms with Crippen LogP contribution in [0.25, 0.3) is 22.5 Å². The largest absolute Gasteiger partial charge is 0.461 e. The van der Waals surface area contributed by atoms with Gasteiger partial charge in [-0.3, -0.25) is 9.59 Å². The summed E-state index contributed by atoms with van der Waals surface area (Å²) in [6.07, 6.45) is 1.43. The number of benzene rings is 1. The van der Waals surface area contributed by atoms with E-state index in [-0.39, 0.29) is 16.9 Å². The van der Waals surface area contributed by atoms with Gasteiger partial charge in [0.1, 0.15) is 5.58 Å². The second-order valence-electron chi connectivity index (χ2n) is 4.30. The average molecular weight is 305 g/mol. The lowest BCUT2D eigenvalue weighted by molar-refractivity contribution is -0.132. The van der Waals surface area contributed by atoms with E-state index in [0.717, 1.165) is 0 Å². The van der Waals surface area contributed by atoms with Crippen molar-refractivity contribution in [2.45, 2.75) is 6.92 Å². The number of hydrogen-bond donors (Lipinski definition) is 0. The first-order valence-electron chi connectivity index (χ1n) is 6.05. The zero-order chi connectivity index (χ0) is 15.0. The topological polar surface area (TPSA) is 69.7 Å². The first-order chi connectivity index (χ1) is 10.1. The van der Waals surface area contributed by atoms with Crippen molar-refractivity contribution in [2.24, 2.45) is 0 Å². The van der Waals surface area contributed by atoms with Gasteiger partial charge in [-0.05, 0) is 30.3 Å². The number of ether oxygens (including phenoxy) is 1. The number of esters is 1. The number of hydrogen-bond acceptors (Lipinski definition) is 5. The second-order valence-corrected chi connectivity index (χ2v) is 4.74. The van der Waals surface area contributed by atoms with Gasteiger partial charge in [0.25, 0.3) is 0 Å². The molecule has 0 aliphatic carbocycles. The van der Waals surface area contributed by atoms with Crippen LogP contribution < -0.4 is 10.2 Å². The Morgan fingerprint density at radius 2 is 2.10 bits per heavy atom. The van der Waals surface area contributed by atoms with Gasteiger partial charge >= 0.3 is 5.97 Å². The third kappa shape index (κ3) is 2.43. The Hall–Kier alpha value is -2.53. The number of rotatable bonds is 2. The van der Waals surface area contributed by atoms with Crippen LogP contribution in [-0.4, -0.2) is 5.97 Å². The zero-order valence-corrected chi connectivity index (χ0v) is 11.6. The van der Waals surface area contributed by atoms with Gasteiger partial charge in [0.15, 0.2) is 5.76 Å².